The van der Waals surface area contributed by atoms with E-state index in [1.807, 2.05) is 31.2 Å². The lowest BCUT2D eigenvalue weighted by molar-refractivity contribution is -0.117. The molecule has 1 N–H and O–H groups in total. The van der Waals surface area contributed by atoms with E-state index in [2.05, 4.69) is 5.32 Å². The first-order chi connectivity index (χ1) is 11.9. The Hall–Kier alpha value is -2.54. The highest BCUT2D eigenvalue weighted by Gasteiger charge is 2.15. The summed E-state index contributed by atoms with van der Waals surface area (Å²) < 4.78 is 45.1. The lowest BCUT2D eigenvalue weighted by atomic mass is 10.2. The van der Waals surface area contributed by atoms with Gasteiger partial charge in [-0.05, 0) is 43.8 Å². The quantitative estimate of drug-likeness (QED) is 0.777. The molecule has 25 heavy (non-hydrogen) atoms. The Balaban J connectivity index is 1.79. The first kappa shape index (κ1) is 18.8. The molecule has 134 valence electrons. The molecule has 0 spiro atoms. The van der Waals surface area contributed by atoms with Crippen LogP contribution in [-0.4, -0.2) is 37.6 Å². The van der Waals surface area contributed by atoms with Crippen molar-refractivity contribution >= 4 is 11.6 Å². The fourth-order valence-corrected chi connectivity index (χ4v) is 2.16. The van der Waals surface area contributed by atoms with Crippen LogP contribution in [0, 0.1) is 24.4 Å². The summed E-state index contributed by atoms with van der Waals surface area (Å²) in [5.41, 5.74) is 0.687. The highest BCUT2D eigenvalue weighted by Crippen LogP contribution is 2.19. The summed E-state index contributed by atoms with van der Waals surface area (Å²) in [7, 11) is 1.70. The highest BCUT2D eigenvalue weighted by molar-refractivity contribution is 5.92. The Labute approximate surface area is 144 Å². The summed E-state index contributed by atoms with van der Waals surface area (Å²) in [6.07, 6.45) is 0. The Kier molecular flexibility index (Phi) is 6.41. The van der Waals surface area contributed by atoms with Crippen LogP contribution < -0.4 is 10.1 Å². The van der Waals surface area contributed by atoms with Crippen molar-refractivity contribution in [2.24, 2.45) is 0 Å². The molecule has 0 aliphatic carbocycles. The van der Waals surface area contributed by atoms with Gasteiger partial charge in [0.1, 0.15) is 12.4 Å². The highest BCUT2D eigenvalue weighted by atomic mass is 19.2. The second-order valence-corrected chi connectivity index (χ2v) is 5.67. The normalized spacial score (nSPS) is 10.8. The molecule has 7 heteroatoms. The van der Waals surface area contributed by atoms with Gasteiger partial charge in [-0.25, -0.2) is 13.2 Å². The molecular formula is C18H19F3N2O2. The number of carbonyl (C=O) groups excluding carboxylic acids is 1. The molecule has 2 aromatic carbocycles. The van der Waals surface area contributed by atoms with E-state index in [1.165, 1.54) is 0 Å². The van der Waals surface area contributed by atoms with E-state index in [1.54, 1.807) is 11.9 Å². The molecule has 0 heterocycles. The number of ether oxygens (including phenoxy) is 1. The maximum absolute atomic E-state index is 13.5. The summed E-state index contributed by atoms with van der Waals surface area (Å²) in [5, 5.41) is 2.22. The number of amides is 1. The Morgan fingerprint density at radius 3 is 2.64 bits per heavy atom. The number of aryl methyl sites for hydroxylation is 1. The van der Waals surface area contributed by atoms with Gasteiger partial charge in [-0.1, -0.05) is 12.1 Å². The number of hydrogen-bond donors (Lipinski definition) is 1. The molecule has 2 rings (SSSR count). The molecule has 0 unspecified atom stereocenters. The van der Waals surface area contributed by atoms with Gasteiger partial charge in [0.25, 0.3) is 0 Å². The van der Waals surface area contributed by atoms with Gasteiger partial charge in [0.15, 0.2) is 17.5 Å². The van der Waals surface area contributed by atoms with Gasteiger partial charge < -0.3 is 10.1 Å². The van der Waals surface area contributed by atoms with Crippen molar-refractivity contribution in [3.63, 3.8) is 0 Å². The van der Waals surface area contributed by atoms with Crippen LogP contribution in [-0.2, 0) is 4.79 Å². The predicted octanol–water partition coefficient (Wildman–Crippen LogP) is 3.36. The number of benzene rings is 2. The predicted molar refractivity (Wildman–Crippen MR) is 89.1 cm³/mol. The topological polar surface area (TPSA) is 41.6 Å². The minimum absolute atomic E-state index is 0.0460. The minimum atomic E-state index is -1.61. The summed E-state index contributed by atoms with van der Waals surface area (Å²) in [4.78, 5) is 13.5. The third-order valence-corrected chi connectivity index (χ3v) is 3.45. The smallest absolute Gasteiger partial charge is 0.238 e. The molecule has 0 saturated heterocycles. The molecule has 1 amide bonds. The van der Waals surface area contributed by atoms with Crippen molar-refractivity contribution in [2.45, 2.75) is 6.92 Å². The molecule has 2 aromatic rings. The van der Waals surface area contributed by atoms with Crippen molar-refractivity contribution in [3.8, 4) is 5.75 Å². The number of nitrogens with one attached hydrogen (secondary N) is 1. The second-order valence-electron chi connectivity index (χ2n) is 5.67. The zero-order valence-electron chi connectivity index (χ0n) is 14.0. The number of carbonyl (C=O) groups is 1. The van der Waals surface area contributed by atoms with Crippen molar-refractivity contribution < 1.29 is 22.7 Å². The van der Waals surface area contributed by atoms with Crippen LogP contribution in [0.4, 0.5) is 18.9 Å². The maximum atomic E-state index is 13.5. The van der Waals surface area contributed by atoms with Gasteiger partial charge in [0.05, 0.1) is 12.2 Å². The Morgan fingerprint density at radius 1 is 1.16 bits per heavy atom. The summed E-state index contributed by atoms with van der Waals surface area (Å²) in [5.74, 6) is -4.14. The molecule has 0 atom stereocenters. The minimum Gasteiger partial charge on any atom is -0.492 e. The van der Waals surface area contributed by atoms with Crippen LogP contribution in [0.15, 0.2) is 36.4 Å². The zero-order chi connectivity index (χ0) is 18.4. The number of halogens is 3. The number of anilines is 1. The van der Waals surface area contributed by atoms with Crippen molar-refractivity contribution in [1.29, 1.82) is 0 Å². The molecule has 4 nitrogen and oxygen atoms in total. The monoisotopic (exact) mass is 352 g/mol. The summed E-state index contributed by atoms with van der Waals surface area (Å²) >= 11 is 0. The van der Waals surface area contributed by atoms with Crippen LogP contribution in [0.25, 0.3) is 0 Å². The average molecular weight is 352 g/mol. The van der Waals surface area contributed by atoms with Gasteiger partial charge in [0, 0.05) is 6.54 Å². The summed E-state index contributed by atoms with van der Waals surface area (Å²) in [6, 6.07) is 9.32. The third kappa shape index (κ3) is 5.49. The molecule has 0 fully saturated rings. The zero-order valence-corrected chi connectivity index (χ0v) is 14.0. The molecule has 0 aromatic heterocycles. The van der Waals surface area contributed by atoms with Gasteiger partial charge in [-0.15, -0.1) is 0 Å². The fourth-order valence-electron chi connectivity index (χ4n) is 2.16. The van der Waals surface area contributed by atoms with E-state index in [0.717, 1.165) is 23.4 Å². The van der Waals surface area contributed by atoms with Crippen LogP contribution in [0.1, 0.15) is 5.56 Å². The fraction of sp³-hybridized carbons (Fsp3) is 0.278. The molecule has 0 radical (unpaired) electrons. The molecular weight excluding hydrogens is 333 g/mol. The number of hydrogen-bond acceptors (Lipinski definition) is 3. The lowest BCUT2D eigenvalue weighted by Crippen LogP contribution is -2.33. The molecule has 0 aliphatic rings. The van der Waals surface area contributed by atoms with E-state index in [9.17, 15) is 18.0 Å². The largest absolute Gasteiger partial charge is 0.492 e. The van der Waals surface area contributed by atoms with Gasteiger partial charge in [-0.2, -0.15) is 0 Å². The van der Waals surface area contributed by atoms with Crippen LogP contribution >= 0.6 is 0 Å². The third-order valence-electron chi connectivity index (χ3n) is 3.45. The van der Waals surface area contributed by atoms with E-state index in [0.29, 0.717) is 13.2 Å². The summed E-state index contributed by atoms with van der Waals surface area (Å²) in [6.45, 7) is 2.74. The molecule has 0 bridgehead atoms. The maximum Gasteiger partial charge on any atom is 0.238 e. The van der Waals surface area contributed by atoms with Crippen LogP contribution in [0.2, 0.25) is 0 Å². The Bertz CT molecular complexity index is 753. The van der Waals surface area contributed by atoms with E-state index in [-0.39, 0.29) is 6.54 Å². The Morgan fingerprint density at radius 2 is 1.92 bits per heavy atom. The van der Waals surface area contributed by atoms with Crippen molar-refractivity contribution in [3.05, 3.63) is 59.4 Å². The number of rotatable bonds is 7. The van der Waals surface area contributed by atoms with Gasteiger partial charge in [0.2, 0.25) is 5.91 Å². The molecule has 0 aliphatic heterocycles. The number of nitrogens with zero attached hydrogens (tertiary/aromatic N) is 1. The van der Waals surface area contributed by atoms with Crippen LogP contribution in [0.5, 0.6) is 5.75 Å². The van der Waals surface area contributed by atoms with E-state index in [4.69, 9.17) is 4.74 Å². The second kappa shape index (κ2) is 8.53. The van der Waals surface area contributed by atoms with Gasteiger partial charge in [-0.3, -0.25) is 9.69 Å². The van der Waals surface area contributed by atoms with Gasteiger partial charge >= 0.3 is 0 Å². The SMILES string of the molecule is Cc1cccc(OCCN(C)CC(=O)Nc2ccc(F)c(F)c2F)c1. The molecule has 0 saturated carbocycles. The first-order valence-corrected chi connectivity index (χ1v) is 7.68. The van der Waals surface area contributed by atoms with Crippen molar-refractivity contribution in [1.82, 2.24) is 4.90 Å². The number of likely N-dealkylation sites (N-methyl/N-ethyl adjacent to an activating group) is 1. The standard InChI is InChI=1S/C18H19F3N2O2/c1-12-4-3-5-13(10-12)25-9-8-23(2)11-16(24)22-15-7-6-14(19)17(20)18(15)21/h3-7,10H,8-9,11H2,1-2H3,(H,22,24). The van der Waals surface area contributed by atoms with E-state index < -0.39 is 29.0 Å². The van der Waals surface area contributed by atoms with Crippen molar-refractivity contribution in [2.75, 3.05) is 32.1 Å². The van der Waals surface area contributed by atoms with E-state index >= 15 is 0 Å². The lowest BCUT2D eigenvalue weighted by Gasteiger charge is -2.17. The first-order valence-electron chi connectivity index (χ1n) is 7.68. The van der Waals surface area contributed by atoms with Crippen LogP contribution in [0.3, 0.4) is 0 Å². The average Bonchev–Trinajstić information content (AvgIpc) is 2.55.